The summed E-state index contributed by atoms with van der Waals surface area (Å²) in [7, 11) is -4.00. The summed E-state index contributed by atoms with van der Waals surface area (Å²) in [5, 5.41) is 13.1. The summed E-state index contributed by atoms with van der Waals surface area (Å²) < 4.78 is 34.7. The van der Waals surface area contributed by atoms with E-state index in [1.807, 2.05) is 42.5 Å². The molecule has 1 fully saturated rings. The smallest absolute Gasteiger partial charge is 0.410 e. The monoisotopic (exact) mass is 603 g/mol. The van der Waals surface area contributed by atoms with Gasteiger partial charge in [-0.05, 0) is 68.1 Å². The lowest BCUT2D eigenvalue weighted by atomic mass is 9.97. The number of hydrogen-bond acceptors (Lipinski definition) is 6. The van der Waals surface area contributed by atoms with Crippen molar-refractivity contribution in [3.05, 3.63) is 82.4 Å². The van der Waals surface area contributed by atoms with Gasteiger partial charge in [0.15, 0.2) is 0 Å². The molecule has 1 amide bonds. The van der Waals surface area contributed by atoms with Crippen LogP contribution in [0.1, 0.15) is 45.2 Å². The zero-order chi connectivity index (χ0) is 27.7. The number of non-ortho nitro benzene ring substituents is 1. The van der Waals surface area contributed by atoms with Crippen LogP contribution in [0.5, 0.6) is 0 Å². The third kappa shape index (κ3) is 6.51. The summed E-state index contributed by atoms with van der Waals surface area (Å²) in [6.45, 7) is 5.44. The number of halogens is 1. The van der Waals surface area contributed by atoms with Gasteiger partial charge in [-0.1, -0.05) is 52.3 Å². The van der Waals surface area contributed by atoms with Gasteiger partial charge in [0.05, 0.1) is 15.9 Å². The number of likely N-dealkylation sites (tertiary alicyclic amines) is 1. The Balaban J connectivity index is 1.66. The van der Waals surface area contributed by atoms with Gasteiger partial charge >= 0.3 is 6.09 Å². The largest absolute Gasteiger partial charge is 0.444 e. The average molecular weight is 605 g/mol. The maximum atomic E-state index is 13.5. The summed E-state index contributed by atoms with van der Waals surface area (Å²) >= 11 is 3.78. The molecule has 4 rings (SSSR count). The summed E-state index contributed by atoms with van der Waals surface area (Å²) in [4.78, 5) is 25.2. The molecule has 3 atom stereocenters. The average Bonchev–Trinajstić information content (AvgIpc) is 3.01. The molecule has 0 spiro atoms. The molecule has 0 aromatic heterocycles. The molecule has 0 aliphatic carbocycles. The molecule has 9 nitrogen and oxygen atoms in total. The second-order valence-corrected chi connectivity index (χ2v) is 13.2. The number of carbonyl (C=O) groups excluding carboxylic acids is 1. The first kappa shape index (κ1) is 28.0. The van der Waals surface area contributed by atoms with Crippen molar-refractivity contribution in [3.63, 3.8) is 0 Å². The van der Waals surface area contributed by atoms with Crippen LogP contribution < -0.4 is 4.72 Å². The van der Waals surface area contributed by atoms with Gasteiger partial charge in [-0.25, -0.2) is 17.9 Å². The molecule has 3 aromatic carbocycles. The molecule has 1 heterocycles. The molecular weight excluding hydrogens is 574 g/mol. The summed E-state index contributed by atoms with van der Waals surface area (Å²) in [6, 6.07) is 17.7. The molecule has 202 valence electrons. The topological polar surface area (TPSA) is 119 Å². The van der Waals surface area contributed by atoms with E-state index in [9.17, 15) is 23.3 Å². The Hall–Kier alpha value is -3.02. The highest BCUT2D eigenvalue weighted by molar-refractivity contribution is 9.09. The lowest BCUT2D eigenvalue weighted by Crippen LogP contribution is -2.47. The first-order valence-corrected chi connectivity index (χ1v) is 14.6. The highest BCUT2D eigenvalue weighted by Gasteiger charge is 2.39. The molecule has 1 N–H and O–H groups in total. The van der Waals surface area contributed by atoms with E-state index in [0.717, 1.165) is 28.5 Å². The number of sulfonamides is 1. The van der Waals surface area contributed by atoms with Crippen LogP contribution in [0.25, 0.3) is 10.8 Å². The number of nitro groups is 1. The second kappa shape index (κ2) is 11.0. The molecular formula is C27H30BrN3O6S. The summed E-state index contributed by atoms with van der Waals surface area (Å²) in [5.74, 6) is 0. The Bertz CT molecular complexity index is 1440. The SMILES string of the molecule is CC(C)(C)OC(=O)N1C[C@H](NS(=O)(=O)c2ccc([N+](=O)[O-])cc2)CC[C@H](Br)[C@H]1c1ccc2ccccc2c1. The number of amides is 1. The van der Waals surface area contributed by atoms with Crippen molar-refractivity contribution in [2.75, 3.05) is 6.54 Å². The first-order valence-electron chi connectivity index (χ1n) is 12.2. The van der Waals surface area contributed by atoms with Crippen LogP contribution in [0.3, 0.4) is 0 Å². The fraction of sp³-hybridized carbons (Fsp3) is 0.370. The number of nitrogens with one attached hydrogen (secondary N) is 1. The van der Waals surface area contributed by atoms with Crippen molar-refractivity contribution in [2.45, 2.75) is 61.0 Å². The minimum absolute atomic E-state index is 0.0840. The van der Waals surface area contributed by atoms with Crippen molar-refractivity contribution in [3.8, 4) is 0 Å². The molecule has 38 heavy (non-hydrogen) atoms. The fourth-order valence-electron chi connectivity index (χ4n) is 4.58. The van der Waals surface area contributed by atoms with Crippen molar-refractivity contribution in [1.82, 2.24) is 9.62 Å². The Morgan fingerprint density at radius 3 is 2.34 bits per heavy atom. The standard InChI is InChI=1S/C27H30BrN3O6S/c1-27(2,3)37-26(32)30-17-21(29-38(35,36)23-13-11-22(12-14-23)31(33)34)10-15-24(28)25(30)20-9-8-18-6-4-5-7-19(18)16-20/h4-9,11-14,16,21,24-25,29H,10,15,17H2,1-3H3/t21-,24+,25-/m1/s1. The molecule has 1 aliphatic heterocycles. The maximum absolute atomic E-state index is 13.5. The van der Waals surface area contributed by atoms with E-state index in [4.69, 9.17) is 4.74 Å². The number of fused-ring (bicyclic) bond motifs is 1. The normalized spacial score (nSPS) is 20.6. The van der Waals surface area contributed by atoms with Crippen molar-refractivity contribution in [2.24, 2.45) is 0 Å². The molecule has 3 aromatic rings. The van der Waals surface area contributed by atoms with Crippen LogP contribution >= 0.6 is 15.9 Å². The number of nitro benzene ring substituents is 1. The number of rotatable bonds is 5. The second-order valence-electron chi connectivity index (χ2n) is 10.3. The van der Waals surface area contributed by atoms with Crippen molar-refractivity contribution < 1.29 is 22.9 Å². The van der Waals surface area contributed by atoms with Crippen LogP contribution in [0, 0.1) is 10.1 Å². The van der Waals surface area contributed by atoms with E-state index in [1.54, 1.807) is 25.7 Å². The fourth-order valence-corrected chi connectivity index (χ4v) is 6.69. The third-order valence-corrected chi connectivity index (χ3v) is 8.80. The minimum Gasteiger partial charge on any atom is -0.444 e. The predicted octanol–water partition coefficient (Wildman–Crippen LogP) is 5.93. The zero-order valence-electron chi connectivity index (χ0n) is 21.3. The number of carbonyl (C=O) groups is 1. The van der Waals surface area contributed by atoms with Gasteiger partial charge in [0, 0.05) is 29.5 Å². The van der Waals surface area contributed by atoms with Crippen LogP contribution in [-0.4, -0.2) is 47.3 Å². The molecule has 1 aliphatic rings. The van der Waals surface area contributed by atoms with Gasteiger partial charge in [-0.15, -0.1) is 0 Å². The maximum Gasteiger partial charge on any atom is 0.410 e. The van der Waals surface area contributed by atoms with E-state index in [-0.39, 0.29) is 22.0 Å². The number of alkyl halides is 1. The Morgan fingerprint density at radius 2 is 1.71 bits per heavy atom. The van der Waals surface area contributed by atoms with E-state index >= 15 is 0 Å². The predicted molar refractivity (Wildman–Crippen MR) is 149 cm³/mol. The van der Waals surface area contributed by atoms with Gasteiger partial charge in [0.2, 0.25) is 10.0 Å². The van der Waals surface area contributed by atoms with Crippen molar-refractivity contribution >= 4 is 48.5 Å². The minimum atomic E-state index is -4.00. The Morgan fingerprint density at radius 1 is 1.05 bits per heavy atom. The van der Waals surface area contributed by atoms with Gasteiger partial charge in [-0.3, -0.25) is 15.0 Å². The highest BCUT2D eigenvalue weighted by atomic mass is 79.9. The number of ether oxygens (including phenoxy) is 1. The quantitative estimate of drug-likeness (QED) is 0.219. The van der Waals surface area contributed by atoms with Crippen LogP contribution in [-0.2, 0) is 14.8 Å². The van der Waals surface area contributed by atoms with E-state index < -0.39 is 38.7 Å². The molecule has 0 saturated carbocycles. The van der Waals surface area contributed by atoms with Crippen molar-refractivity contribution in [1.29, 1.82) is 0 Å². The first-order chi connectivity index (χ1) is 17.8. The molecule has 11 heteroatoms. The van der Waals surface area contributed by atoms with E-state index in [2.05, 4.69) is 20.7 Å². The molecule has 0 unspecified atom stereocenters. The summed E-state index contributed by atoms with van der Waals surface area (Å²) in [6.07, 6.45) is 0.511. The zero-order valence-corrected chi connectivity index (χ0v) is 23.7. The lowest BCUT2D eigenvalue weighted by Gasteiger charge is -2.35. The molecule has 1 saturated heterocycles. The van der Waals surface area contributed by atoms with E-state index in [0.29, 0.717) is 12.8 Å². The van der Waals surface area contributed by atoms with Gasteiger partial charge in [-0.2, -0.15) is 0 Å². The van der Waals surface area contributed by atoms with Crippen LogP contribution in [0.4, 0.5) is 10.5 Å². The third-order valence-electron chi connectivity index (χ3n) is 6.31. The Labute approximate surface area is 230 Å². The number of benzene rings is 3. The summed E-state index contributed by atoms with van der Waals surface area (Å²) in [5.41, 5.74) is -0.0300. The van der Waals surface area contributed by atoms with Gasteiger partial charge in [0.25, 0.3) is 5.69 Å². The highest BCUT2D eigenvalue weighted by Crippen LogP contribution is 2.37. The lowest BCUT2D eigenvalue weighted by molar-refractivity contribution is -0.384. The van der Waals surface area contributed by atoms with Gasteiger partial charge < -0.3 is 4.74 Å². The molecule has 0 bridgehead atoms. The van der Waals surface area contributed by atoms with Crippen LogP contribution in [0.15, 0.2) is 71.6 Å². The van der Waals surface area contributed by atoms with E-state index in [1.165, 1.54) is 12.1 Å². The van der Waals surface area contributed by atoms with Crippen LogP contribution in [0.2, 0.25) is 0 Å². The van der Waals surface area contributed by atoms with Gasteiger partial charge in [0.1, 0.15) is 5.60 Å². The Kier molecular flexibility index (Phi) is 8.10. The molecule has 0 radical (unpaired) electrons. The number of nitrogens with zero attached hydrogens (tertiary/aromatic N) is 2. The number of hydrogen-bond donors (Lipinski definition) is 1.